The molecule has 1 unspecified atom stereocenters. The topological polar surface area (TPSA) is 106 Å². The first-order valence-corrected chi connectivity index (χ1v) is 11.9. The predicted octanol–water partition coefficient (Wildman–Crippen LogP) is 3.67. The van der Waals surface area contributed by atoms with Gasteiger partial charge in [0.15, 0.2) is 6.61 Å². The first-order chi connectivity index (χ1) is 15.8. The largest absolute Gasteiger partial charge is 0.452 e. The lowest BCUT2D eigenvalue weighted by Crippen LogP contribution is -2.35. The maximum absolute atomic E-state index is 13.4. The van der Waals surface area contributed by atoms with E-state index in [4.69, 9.17) is 16.3 Å². The van der Waals surface area contributed by atoms with Crippen LogP contribution in [0.2, 0.25) is 5.02 Å². The number of sulfonamides is 1. The lowest BCUT2D eigenvalue weighted by Gasteiger charge is -2.24. The number of fused-ring (bicyclic) bond motifs is 1. The molecule has 1 aliphatic rings. The Morgan fingerprint density at radius 3 is 2.70 bits per heavy atom. The lowest BCUT2D eigenvalue weighted by atomic mass is 10.1. The Kier molecular flexibility index (Phi) is 6.35. The summed E-state index contributed by atoms with van der Waals surface area (Å²) < 4.78 is 33.2. The van der Waals surface area contributed by atoms with Gasteiger partial charge in [0, 0.05) is 12.2 Å². The van der Waals surface area contributed by atoms with Crippen molar-refractivity contribution in [1.82, 2.24) is 4.98 Å². The van der Waals surface area contributed by atoms with Crippen molar-refractivity contribution in [2.24, 2.45) is 0 Å². The summed E-state index contributed by atoms with van der Waals surface area (Å²) in [4.78, 5) is 28.4. The number of carbonyl (C=O) groups excluding carboxylic acids is 2. The van der Waals surface area contributed by atoms with Crippen molar-refractivity contribution in [3.63, 3.8) is 0 Å². The van der Waals surface area contributed by atoms with Crippen molar-refractivity contribution in [2.75, 3.05) is 16.2 Å². The number of nitrogens with zero attached hydrogens (tertiary/aromatic N) is 2. The van der Waals surface area contributed by atoms with Crippen molar-refractivity contribution >= 4 is 45.0 Å². The summed E-state index contributed by atoms with van der Waals surface area (Å²) in [5.74, 6) is -1.15. The van der Waals surface area contributed by atoms with Crippen molar-refractivity contribution < 1.29 is 22.7 Å². The molecular formula is C23H20ClN3O5S. The number of nitrogens with one attached hydrogen (secondary N) is 1. The Balaban J connectivity index is 1.46. The number of para-hydroxylation sites is 1. The number of esters is 1. The van der Waals surface area contributed by atoms with Crippen LogP contribution in [0.15, 0.2) is 71.8 Å². The summed E-state index contributed by atoms with van der Waals surface area (Å²) >= 11 is 5.75. The average molecular weight is 486 g/mol. The molecule has 2 aromatic carbocycles. The number of anilines is 2. The number of halogens is 1. The number of hydrogen-bond acceptors (Lipinski definition) is 6. The summed E-state index contributed by atoms with van der Waals surface area (Å²) in [5.41, 5.74) is 1.60. The number of amides is 1. The second kappa shape index (κ2) is 9.21. The van der Waals surface area contributed by atoms with Crippen LogP contribution in [-0.2, 0) is 26.0 Å². The fraction of sp³-hybridized carbons (Fsp3) is 0.174. The van der Waals surface area contributed by atoms with Crippen LogP contribution in [0.4, 0.5) is 11.5 Å². The first-order valence-electron chi connectivity index (χ1n) is 10.1. The molecule has 4 rings (SSSR count). The molecule has 1 atom stereocenters. The molecule has 0 saturated carbocycles. The predicted molar refractivity (Wildman–Crippen MR) is 124 cm³/mol. The van der Waals surface area contributed by atoms with E-state index in [0.29, 0.717) is 17.1 Å². The molecule has 0 aliphatic carbocycles. The van der Waals surface area contributed by atoms with Gasteiger partial charge in [-0.3, -0.25) is 9.10 Å². The normalized spacial score (nSPS) is 15.1. The van der Waals surface area contributed by atoms with Crippen molar-refractivity contribution in [1.29, 1.82) is 0 Å². The summed E-state index contributed by atoms with van der Waals surface area (Å²) in [5, 5.41) is 2.89. The van der Waals surface area contributed by atoms with E-state index in [9.17, 15) is 18.0 Å². The molecule has 1 aromatic heterocycles. The van der Waals surface area contributed by atoms with Gasteiger partial charge in [-0.1, -0.05) is 35.9 Å². The number of benzene rings is 2. The zero-order valence-electron chi connectivity index (χ0n) is 17.6. The van der Waals surface area contributed by atoms with Crippen LogP contribution in [0, 0.1) is 0 Å². The number of carbonyl (C=O) groups is 2. The second-order valence-electron chi connectivity index (χ2n) is 7.50. The molecule has 0 radical (unpaired) electrons. The quantitative estimate of drug-likeness (QED) is 0.534. The van der Waals surface area contributed by atoms with Crippen LogP contribution < -0.4 is 9.62 Å². The molecule has 2 heterocycles. The highest BCUT2D eigenvalue weighted by atomic mass is 35.5. The Morgan fingerprint density at radius 2 is 1.94 bits per heavy atom. The molecule has 1 N–H and O–H groups in total. The molecule has 0 saturated heterocycles. The van der Waals surface area contributed by atoms with Gasteiger partial charge in [-0.15, -0.1) is 0 Å². The smallest absolute Gasteiger partial charge is 0.338 e. The summed E-state index contributed by atoms with van der Waals surface area (Å²) in [6.45, 7) is 1.28. The van der Waals surface area contributed by atoms with E-state index < -0.39 is 28.5 Å². The maximum atomic E-state index is 13.4. The van der Waals surface area contributed by atoms with Crippen molar-refractivity contribution in [2.45, 2.75) is 24.3 Å². The minimum Gasteiger partial charge on any atom is -0.452 e. The van der Waals surface area contributed by atoms with Gasteiger partial charge in [-0.25, -0.2) is 18.2 Å². The third kappa shape index (κ3) is 4.84. The number of aromatic nitrogens is 1. The summed E-state index contributed by atoms with van der Waals surface area (Å²) in [6, 6.07) is 15.7. The third-order valence-corrected chi connectivity index (χ3v) is 7.25. The monoisotopic (exact) mass is 485 g/mol. The Labute approximate surface area is 196 Å². The van der Waals surface area contributed by atoms with E-state index in [-0.39, 0.29) is 22.3 Å². The Morgan fingerprint density at radius 1 is 1.15 bits per heavy atom. The van der Waals surface area contributed by atoms with Gasteiger partial charge in [0.2, 0.25) is 0 Å². The first kappa shape index (κ1) is 22.8. The molecule has 10 heteroatoms. The molecule has 0 bridgehead atoms. The highest BCUT2D eigenvalue weighted by molar-refractivity contribution is 7.92. The van der Waals surface area contributed by atoms with Gasteiger partial charge in [0.05, 0.1) is 21.2 Å². The Bertz CT molecular complexity index is 1310. The molecule has 1 aliphatic heterocycles. The summed E-state index contributed by atoms with van der Waals surface area (Å²) in [6.07, 6.45) is 1.98. The Hall–Kier alpha value is -3.43. The van der Waals surface area contributed by atoms with Crippen molar-refractivity contribution in [3.05, 3.63) is 83.0 Å². The SMILES string of the molecule is CC1Cc2ccccc2N1S(=O)(=O)c1cccc(C(=O)OCC(=O)Nc2ccc(Cl)cn2)c1. The van der Waals surface area contributed by atoms with Gasteiger partial charge in [0.1, 0.15) is 5.82 Å². The zero-order chi connectivity index (χ0) is 23.6. The highest BCUT2D eigenvalue weighted by Gasteiger charge is 2.36. The number of rotatable bonds is 6. The molecular weight excluding hydrogens is 466 g/mol. The molecule has 0 spiro atoms. The van der Waals surface area contributed by atoms with Crippen LogP contribution in [0.1, 0.15) is 22.8 Å². The molecule has 1 amide bonds. The second-order valence-corrected chi connectivity index (χ2v) is 9.75. The van der Waals surface area contributed by atoms with Gasteiger partial charge in [-0.05, 0) is 55.3 Å². The van der Waals surface area contributed by atoms with Crippen LogP contribution in [0.25, 0.3) is 0 Å². The number of hydrogen-bond donors (Lipinski definition) is 1. The molecule has 33 heavy (non-hydrogen) atoms. The third-order valence-electron chi connectivity index (χ3n) is 5.10. The van der Waals surface area contributed by atoms with E-state index >= 15 is 0 Å². The average Bonchev–Trinajstić information content (AvgIpc) is 3.15. The van der Waals surface area contributed by atoms with Crippen LogP contribution >= 0.6 is 11.6 Å². The highest BCUT2D eigenvalue weighted by Crippen LogP contribution is 2.36. The zero-order valence-corrected chi connectivity index (χ0v) is 19.1. The van der Waals surface area contributed by atoms with Crippen LogP contribution in [-0.4, -0.2) is 37.9 Å². The van der Waals surface area contributed by atoms with E-state index in [0.717, 1.165) is 5.56 Å². The maximum Gasteiger partial charge on any atom is 0.338 e. The molecule has 0 fully saturated rings. The van der Waals surface area contributed by atoms with Crippen molar-refractivity contribution in [3.8, 4) is 0 Å². The minimum atomic E-state index is -3.91. The molecule has 170 valence electrons. The fourth-order valence-corrected chi connectivity index (χ4v) is 5.49. The molecule has 8 nitrogen and oxygen atoms in total. The number of ether oxygens (including phenoxy) is 1. The minimum absolute atomic E-state index is 0.0219. The lowest BCUT2D eigenvalue weighted by molar-refractivity contribution is -0.119. The van der Waals surface area contributed by atoms with E-state index in [1.165, 1.54) is 40.8 Å². The summed E-state index contributed by atoms with van der Waals surface area (Å²) in [7, 11) is -3.91. The van der Waals surface area contributed by atoms with Gasteiger partial charge >= 0.3 is 5.97 Å². The van der Waals surface area contributed by atoms with E-state index in [1.54, 1.807) is 18.2 Å². The van der Waals surface area contributed by atoms with Crippen LogP contribution in [0.5, 0.6) is 0 Å². The number of pyridine rings is 1. The van der Waals surface area contributed by atoms with Crippen LogP contribution in [0.3, 0.4) is 0 Å². The van der Waals surface area contributed by atoms with Gasteiger partial charge in [-0.2, -0.15) is 0 Å². The standard InChI is InChI=1S/C23H20ClN3O5S/c1-15-11-16-5-2-3-8-20(16)27(15)33(30,31)19-7-4-6-17(12-19)23(29)32-14-22(28)26-21-10-9-18(24)13-25-21/h2-10,12-13,15H,11,14H2,1H3,(H,25,26,28). The van der Waals surface area contributed by atoms with Gasteiger partial charge in [0.25, 0.3) is 15.9 Å². The fourth-order valence-electron chi connectivity index (χ4n) is 3.64. The van der Waals surface area contributed by atoms with E-state index in [2.05, 4.69) is 10.3 Å². The van der Waals surface area contributed by atoms with Gasteiger partial charge < -0.3 is 10.1 Å². The molecule has 3 aromatic rings. The van der Waals surface area contributed by atoms with E-state index in [1.807, 2.05) is 19.1 Å².